The number of carbonyl (C=O) groups is 1. The molecule has 1 aromatic rings. The van der Waals surface area contributed by atoms with Gasteiger partial charge >= 0.3 is 6.03 Å². The smallest absolute Gasteiger partial charge is 0.322 e. The van der Waals surface area contributed by atoms with E-state index in [4.69, 9.17) is 9.47 Å². The summed E-state index contributed by atoms with van der Waals surface area (Å²) in [5, 5.41) is 2.99. The molecule has 128 valence electrons. The van der Waals surface area contributed by atoms with Crippen LogP contribution >= 0.6 is 0 Å². The van der Waals surface area contributed by atoms with Gasteiger partial charge in [0.05, 0.1) is 12.8 Å². The minimum absolute atomic E-state index is 0.0803. The van der Waals surface area contributed by atoms with Gasteiger partial charge in [0, 0.05) is 32.3 Å². The molecule has 2 amide bonds. The third-order valence-corrected chi connectivity index (χ3v) is 4.03. The maximum Gasteiger partial charge on any atom is 0.322 e. The highest BCUT2D eigenvalue weighted by Crippen LogP contribution is 2.24. The number of methoxy groups -OCH3 is 1. The molecule has 2 rings (SSSR count). The van der Waals surface area contributed by atoms with Crippen LogP contribution in [0.25, 0.3) is 0 Å². The molecular formula is C17H27N3O3. The van der Waals surface area contributed by atoms with E-state index in [1.54, 1.807) is 7.11 Å². The fourth-order valence-electron chi connectivity index (χ4n) is 2.69. The lowest BCUT2D eigenvalue weighted by Crippen LogP contribution is -2.48. The van der Waals surface area contributed by atoms with E-state index in [0.717, 1.165) is 19.4 Å². The summed E-state index contributed by atoms with van der Waals surface area (Å²) >= 11 is 0. The van der Waals surface area contributed by atoms with Gasteiger partial charge in [0.1, 0.15) is 5.75 Å². The van der Waals surface area contributed by atoms with Gasteiger partial charge in [-0.1, -0.05) is 12.1 Å². The number of benzene rings is 1. The van der Waals surface area contributed by atoms with Crippen LogP contribution in [-0.2, 0) is 4.74 Å². The molecule has 1 heterocycles. The van der Waals surface area contributed by atoms with Crippen LogP contribution < -0.4 is 10.1 Å². The van der Waals surface area contributed by atoms with Gasteiger partial charge in [0.2, 0.25) is 0 Å². The first-order chi connectivity index (χ1) is 11.1. The summed E-state index contributed by atoms with van der Waals surface area (Å²) in [5.41, 5.74) is 0.696. The average molecular weight is 321 g/mol. The van der Waals surface area contributed by atoms with Gasteiger partial charge in [-0.3, -0.25) is 0 Å². The van der Waals surface area contributed by atoms with Crippen molar-refractivity contribution < 1.29 is 14.3 Å². The minimum atomic E-state index is -0.0803. The molecule has 0 atom stereocenters. The number of likely N-dealkylation sites (N-methyl/N-ethyl adjacent to an activating group) is 1. The molecule has 1 aliphatic heterocycles. The van der Waals surface area contributed by atoms with Crippen molar-refractivity contribution in [3.8, 4) is 5.75 Å². The Morgan fingerprint density at radius 2 is 1.96 bits per heavy atom. The quantitative estimate of drug-likeness (QED) is 0.873. The summed E-state index contributed by atoms with van der Waals surface area (Å²) in [5.74, 6) is 0.667. The van der Waals surface area contributed by atoms with Crippen LogP contribution in [0, 0.1) is 0 Å². The molecular weight excluding hydrogens is 294 g/mol. The number of hydrogen-bond donors (Lipinski definition) is 1. The second-order valence-electron chi connectivity index (χ2n) is 5.97. The van der Waals surface area contributed by atoms with Gasteiger partial charge in [0.25, 0.3) is 0 Å². The number of ether oxygens (including phenoxy) is 2. The molecule has 6 nitrogen and oxygen atoms in total. The third-order valence-electron chi connectivity index (χ3n) is 4.03. The molecule has 1 fully saturated rings. The summed E-state index contributed by atoms with van der Waals surface area (Å²) in [6.45, 7) is 2.95. The number of anilines is 1. The SMILES string of the molecule is COc1ccccc1NC(=O)N(CCN(C)C)C1CCOCC1. The van der Waals surface area contributed by atoms with E-state index in [0.29, 0.717) is 31.2 Å². The number of amides is 2. The van der Waals surface area contributed by atoms with Gasteiger partial charge in [-0.05, 0) is 39.1 Å². The van der Waals surface area contributed by atoms with Crippen molar-refractivity contribution in [1.29, 1.82) is 0 Å². The van der Waals surface area contributed by atoms with Crippen LogP contribution in [-0.4, -0.2) is 69.4 Å². The second-order valence-corrected chi connectivity index (χ2v) is 5.97. The number of para-hydroxylation sites is 2. The summed E-state index contributed by atoms with van der Waals surface area (Å²) in [7, 11) is 5.63. The summed E-state index contributed by atoms with van der Waals surface area (Å²) in [6.07, 6.45) is 1.76. The van der Waals surface area contributed by atoms with Gasteiger partial charge in [-0.25, -0.2) is 4.79 Å². The maximum absolute atomic E-state index is 12.8. The summed E-state index contributed by atoms with van der Waals surface area (Å²) in [4.78, 5) is 16.8. The zero-order chi connectivity index (χ0) is 16.7. The Balaban J connectivity index is 2.08. The van der Waals surface area contributed by atoms with Crippen LogP contribution in [0.4, 0.5) is 10.5 Å². The molecule has 1 aliphatic rings. The Hall–Kier alpha value is -1.79. The summed E-state index contributed by atoms with van der Waals surface area (Å²) in [6, 6.07) is 7.61. The Labute approximate surface area is 138 Å². The zero-order valence-electron chi connectivity index (χ0n) is 14.2. The van der Waals surface area contributed by atoms with E-state index in [1.165, 1.54) is 0 Å². The first-order valence-electron chi connectivity index (χ1n) is 8.05. The van der Waals surface area contributed by atoms with Crippen molar-refractivity contribution in [2.24, 2.45) is 0 Å². The fourth-order valence-corrected chi connectivity index (χ4v) is 2.69. The van der Waals surface area contributed by atoms with E-state index in [2.05, 4.69) is 10.2 Å². The molecule has 0 spiro atoms. The van der Waals surface area contributed by atoms with Crippen molar-refractivity contribution in [2.45, 2.75) is 18.9 Å². The lowest BCUT2D eigenvalue weighted by Gasteiger charge is -2.35. The topological polar surface area (TPSA) is 54.0 Å². The average Bonchev–Trinajstić information content (AvgIpc) is 2.56. The molecule has 0 aromatic heterocycles. The van der Waals surface area contributed by atoms with Crippen LogP contribution in [0.3, 0.4) is 0 Å². The number of urea groups is 1. The minimum Gasteiger partial charge on any atom is -0.495 e. The maximum atomic E-state index is 12.8. The molecule has 1 N–H and O–H groups in total. The number of rotatable bonds is 6. The van der Waals surface area contributed by atoms with Crippen LogP contribution in [0.2, 0.25) is 0 Å². The number of hydrogen-bond acceptors (Lipinski definition) is 4. The zero-order valence-corrected chi connectivity index (χ0v) is 14.2. The van der Waals surface area contributed by atoms with E-state index in [-0.39, 0.29) is 12.1 Å². The van der Waals surface area contributed by atoms with Gasteiger partial charge in [0.15, 0.2) is 0 Å². The highest BCUT2D eigenvalue weighted by atomic mass is 16.5. The van der Waals surface area contributed by atoms with Crippen LogP contribution in [0.1, 0.15) is 12.8 Å². The van der Waals surface area contributed by atoms with Gasteiger partial charge in [-0.15, -0.1) is 0 Å². The molecule has 0 radical (unpaired) electrons. The summed E-state index contributed by atoms with van der Waals surface area (Å²) < 4.78 is 10.7. The van der Waals surface area contributed by atoms with Crippen molar-refractivity contribution in [1.82, 2.24) is 9.80 Å². The van der Waals surface area contributed by atoms with Crippen LogP contribution in [0.5, 0.6) is 5.75 Å². The Bertz CT molecular complexity index is 502. The first kappa shape index (κ1) is 17.6. The Morgan fingerprint density at radius 3 is 2.61 bits per heavy atom. The molecule has 23 heavy (non-hydrogen) atoms. The van der Waals surface area contributed by atoms with E-state index in [9.17, 15) is 4.79 Å². The van der Waals surface area contributed by atoms with E-state index in [1.807, 2.05) is 43.3 Å². The standard InChI is InChI=1S/C17H27N3O3/c1-19(2)10-11-20(14-8-12-23-13-9-14)17(21)18-15-6-4-5-7-16(15)22-3/h4-7,14H,8-13H2,1-3H3,(H,18,21). The van der Waals surface area contributed by atoms with Crippen LogP contribution in [0.15, 0.2) is 24.3 Å². The number of carbonyl (C=O) groups excluding carboxylic acids is 1. The molecule has 1 aromatic carbocycles. The monoisotopic (exact) mass is 321 g/mol. The second kappa shape index (κ2) is 8.74. The molecule has 0 saturated carbocycles. The molecule has 0 unspecified atom stereocenters. The van der Waals surface area contributed by atoms with Crippen molar-refractivity contribution >= 4 is 11.7 Å². The lowest BCUT2D eigenvalue weighted by molar-refractivity contribution is 0.0466. The predicted octanol–water partition coefficient (Wildman–Crippen LogP) is 2.27. The van der Waals surface area contributed by atoms with Crippen molar-refractivity contribution in [3.05, 3.63) is 24.3 Å². The van der Waals surface area contributed by atoms with Crippen molar-refractivity contribution in [2.75, 3.05) is 52.8 Å². The van der Waals surface area contributed by atoms with Gasteiger partial charge in [-0.2, -0.15) is 0 Å². The van der Waals surface area contributed by atoms with E-state index >= 15 is 0 Å². The Morgan fingerprint density at radius 1 is 1.26 bits per heavy atom. The predicted molar refractivity (Wildman–Crippen MR) is 91.1 cm³/mol. The third kappa shape index (κ3) is 5.11. The highest BCUT2D eigenvalue weighted by molar-refractivity contribution is 5.91. The normalized spacial score (nSPS) is 15.5. The fraction of sp³-hybridized carbons (Fsp3) is 0.588. The highest BCUT2D eigenvalue weighted by Gasteiger charge is 2.26. The number of nitrogens with zero attached hydrogens (tertiary/aromatic N) is 2. The van der Waals surface area contributed by atoms with E-state index < -0.39 is 0 Å². The molecule has 0 aliphatic carbocycles. The Kier molecular flexibility index (Phi) is 6.67. The number of nitrogens with one attached hydrogen (secondary N) is 1. The molecule has 6 heteroatoms. The molecule has 0 bridgehead atoms. The lowest BCUT2D eigenvalue weighted by atomic mass is 10.1. The first-order valence-corrected chi connectivity index (χ1v) is 8.05. The van der Waals surface area contributed by atoms with Crippen molar-refractivity contribution in [3.63, 3.8) is 0 Å². The molecule has 1 saturated heterocycles. The largest absolute Gasteiger partial charge is 0.495 e. The van der Waals surface area contributed by atoms with Gasteiger partial charge < -0.3 is 24.6 Å².